The van der Waals surface area contributed by atoms with Gasteiger partial charge >= 0.3 is 12.0 Å². The van der Waals surface area contributed by atoms with Crippen LogP contribution in [0, 0.1) is 11.7 Å². The number of aliphatic carboxylic acids is 1. The van der Waals surface area contributed by atoms with Gasteiger partial charge in [-0.15, -0.1) is 0 Å². The summed E-state index contributed by atoms with van der Waals surface area (Å²) in [6.07, 6.45) is 2.57. The molecule has 1 saturated carbocycles. The van der Waals surface area contributed by atoms with Crippen molar-refractivity contribution in [1.29, 1.82) is 0 Å². The fourth-order valence-corrected chi connectivity index (χ4v) is 3.40. The summed E-state index contributed by atoms with van der Waals surface area (Å²) in [5, 5.41) is 16.9. The van der Waals surface area contributed by atoms with Gasteiger partial charge in [-0.2, -0.15) is 0 Å². The summed E-state index contributed by atoms with van der Waals surface area (Å²) in [5.74, 6) is -2.06. The number of carbonyl (C=O) groups is 3. The van der Waals surface area contributed by atoms with Gasteiger partial charge in [0.2, 0.25) is 0 Å². The monoisotopic (exact) mass is 349 g/mol. The van der Waals surface area contributed by atoms with Gasteiger partial charge in [0.1, 0.15) is 0 Å². The number of hydrogen-bond acceptors (Lipinski definition) is 3. The van der Waals surface area contributed by atoms with Crippen molar-refractivity contribution in [1.82, 2.24) is 10.6 Å². The first-order chi connectivity index (χ1) is 12.0. The van der Waals surface area contributed by atoms with Crippen molar-refractivity contribution in [3.05, 3.63) is 29.1 Å². The third-order valence-electron chi connectivity index (χ3n) is 4.81. The first-order valence-electron chi connectivity index (χ1n) is 8.35. The second kappa shape index (κ2) is 7.08. The SMILES string of the molecule is O=C(Nc1ccc2c(c1F)CCNC2=O)NC1CCC(C(=O)O)CC1. The molecule has 0 radical (unpaired) electrons. The topological polar surface area (TPSA) is 108 Å². The number of rotatable bonds is 3. The van der Waals surface area contributed by atoms with Gasteiger partial charge in [-0.25, -0.2) is 9.18 Å². The largest absolute Gasteiger partial charge is 0.481 e. The highest BCUT2D eigenvalue weighted by molar-refractivity contribution is 5.98. The van der Waals surface area contributed by atoms with Crippen molar-refractivity contribution >= 4 is 23.6 Å². The van der Waals surface area contributed by atoms with E-state index in [2.05, 4.69) is 16.0 Å². The number of halogens is 1. The lowest BCUT2D eigenvalue weighted by atomic mass is 9.86. The summed E-state index contributed by atoms with van der Waals surface area (Å²) >= 11 is 0. The molecule has 7 nitrogen and oxygen atoms in total. The van der Waals surface area contributed by atoms with Gasteiger partial charge in [-0.1, -0.05) is 0 Å². The smallest absolute Gasteiger partial charge is 0.319 e. The molecule has 134 valence electrons. The molecule has 3 rings (SSSR count). The zero-order chi connectivity index (χ0) is 18.0. The quantitative estimate of drug-likeness (QED) is 0.668. The van der Waals surface area contributed by atoms with Gasteiger partial charge in [-0.3, -0.25) is 9.59 Å². The Labute approximate surface area is 144 Å². The molecule has 1 aromatic rings. The molecule has 25 heavy (non-hydrogen) atoms. The Kier molecular flexibility index (Phi) is 4.87. The lowest BCUT2D eigenvalue weighted by Gasteiger charge is -2.27. The van der Waals surface area contributed by atoms with Crippen LogP contribution >= 0.6 is 0 Å². The van der Waals surface area contributed by atoms with Crippen LogP contribution in [-0.2, 0) is 11.2 Å². The predicted molar refractivity (Wildman–Crippen MR) is 88.0 cm³/mol. The minimum atomic E-state index is -0.803. The Balaban J connectivity index is 1.60. The molecule has 0 aromatic heterocycles. The molecule has 0 bridgehead atoms. The number of nitrogens with one attached hydrogen (secondary N) is 3. The summed E-state index contributed by atoms with van der Waals surface area (Å²) in [6.45, 7) is 0.366. The molecule has 0 saturated heterocycles. The Hall–Kier alpha value is -2.64. The van der Waals surface area contributed by atoms with Crippen LogP contribution in [0.2, 0.25) is 0 Å². The van der Waals surface area contributed by atoms with E-state index in [9.17, 15) is 18.8 Å². The molecule has 3 amide bonds. The number of carbonyl (C=O) groups excluding carboxylic acids is 2. The Bertz CT molecular complexity index is 714. The van der Waals surface area contributed by atoms with Gasteiger partial charge in [0.25, 0.3) is 5.91 Å². The molecule has 1 aliphatic carbocycles. The van der Waals surface area contributed by atoms with Gasteiger partial charge < -0.3 is 21.1 Å². The zero-order valence-corrected chi connectivity index (χ0v) is 13.6. The molecule has 1 aliphatic heterocycles. The summed E-state index contributed by atoms with van der Waals surface area (Å²) in [7, 11) is 0. The van der Waals surface area contributed by atoms with Crippen LogP contribution in [0.5, 0.6) is 0 Å². The van der Waals surface area contributed by atoms with Crippen molar-refractivity contribution < 1.29 is 23.9 Å². The fraction of sp³-hybridized carbons (Fsp3) is 0.471. The standard InChI is InChI=1S/C17H20FN3O4/c18-14-11-7-8-19-15(22)12(11)5-6-13(14)21-17(25)20-10-3-1-9(2-4-10)16(23)24/h5-6,9-10H,1-4,7-8H2,(H,19,22)(H,23,24)(H2,20,21,25). The molecule has 1 aromatic carbocycles. The van der Waals surface area contributed by atoms with E-state index in [1.165, 1.54) is 12.1 Å². The number of urea groups is 1. The minimum absolute atomic E-state index is 0.0326. The molecule has 0 atom stereocenters. The third kappa shape index (κ3) is 3.72. The van der Waals surface area contributed by atoms with Crippen LogP contribution in [-0.4, -0.2) is 35.6 Å². The maximum absolute atomic E-state index is 14.5. The molecule has 0 spiro atoms. The van der Waals surface area contributed by atoms with E-state index in [0.717, 1.165) is 0 Å². The molecule has 4 N–H and O–H groups in total. The lowest BCUT2D eigenvalue weighted by Crippen LogP contribution is -2.41. The van der Waals surface area contributed by atoms with Crippen LogP contribution in [0.4, 0.5) is 14.9 Å². The molecule has 1 fully saturated rings. The van der Waals surface area contributed by atoms with E-state index in [-0.39, 0.29) is 23.6 Å². The summed E-state index contributed by atoms with van der Waals surface area (Å²) < 4.78 is 14.5. The number of benzene rings is 1. The van der Waals surface area contributed by atoms with Crippen molar-refractivity contribution in [3.8, 4) is 0 Å². The van der Waals surface area contributed by atoms with Crippen LogP contribution in [0.3, 0.4) is 0 Å². The fourth-order valence-electron chi connectivity index (χ4n) is 3.40. The number of carboxylic acid groups (broad SMARTS) is 1. The van der Waals surface area contributed by atoms with E-state index >= 15 is 0 Å². The average molecular weight is 349 g/mol. The van der Waals surface area contributed by atoms with Gasteiger partial charge in [0.15, 0.2) is 5.82 Å². The highest BCUT2D eigenvalue weighted by Crippen LogP contribution is 2.26. The lowest BCUT2D eigenvalue weighted by molar-refractivity contribution is -0.142. The van der Waals surface area contributed by atoms with E-state index in [1.54, 1.807) is 0 Å². The second-order valence-electron chi connectivity index (χ2n) is 6.44. The Morgan fingerprint density at radius 2 is 1.92 bits per heavy atom. The first-order valence-corrected chi connectivity index (χ1v) is 8.35. The van der Waals surface area contributed by atoms with Crippen molar-refractivity contribution in [3.63, 3.8) is 0 Å². The molecule has 2 aliphatic rings. The van der Waals surface area contributed by atoms with Crippen LogP contribution in [0.15, 0.2) is 12.1 Å². The zero-order valence-electron chi connectivity index (χ0n) is 13.6. The number of anilines is 1. The Morgan fingerprint density at radius 1 is 1.20 bits per heavy atom. The van der Waals surface area contributed by atoms with Crippen LogP contribution in [0.25, 0.3) is 0 Å². The highest BCUT2D eigenvalue weighted by atomic mass is 19.1. The minimum Gasteiger partial charge on any atom is -0.481 e. The summed E-state index contributed by atoms with van der Waals surface area (Å²) in [5.41, 5.74) is 0.635. The van der Waals surface area contributed by atoms with Crippen molar-refractivity contribution in [2.45, 2.75) is 38.1 Å². The molecule has 1 heterocycles. The van der Waals surface area contributed by atoms with E-state index in [4.69, 9.17) is 5.11 Å². The molecule has 0 unspecified atom stereocenters. The average Bonchev–Trinajstić information content (AvgIpc) is 2.58. The maximum Gasteiger partial charge on any atom is 0.319 e. The predicted octanol–water partition coefficient (Wildman–Crippen LogP) is 1.88. The van der Waals surface area contributed by atoms with Gasteiger partial charge in [0, 0.05) is 23.7 Å². The number of amides is 3. The second-order valence-corrected chi connectivity index (χ2v) is 6.44. The van der Waals surface area contributed by atoms with Crippen LogP contribution < -0.4 is 16.0 Å². The number of hydrogen-bond donors (Lipinski definition) is 4. The van der Waals surface area contributed by atoms with Crippen molar-refractivity contribution in [2.75, 3.05) is 11.9 Å². The van der Waals surface area contributed by atoms with E-state index in [1.807, 2.05) is 0 Å². The normalized spacial score (nSPS) is 22.5. The third-order valence-corrected chi connectivity index (χ3v) is 4.81. The molecular weight excluding hydrogens is 329 g/mol. The van der Waals surface area contributed by atoms with E-state index < -0.39 is 17.8 Å². The Morgan fingerprint density at radius 3 is 2.60 bits per heavy atom. The first kappa shape index (κ1) is 17.2. The van der Waals surface area contributed by atoms with Gasteiger partial charge in [-0.05, 0) is 44.2 Å². The molecule has 8 heteroatoms. The summed E-state index contributed by atoms with van der Waals surface area (Å²) in [6, 6.07) is 2.22. The van der Waals surface area contributed by atoms with Crippen LogP contribution in [0.1, 0.15) is 41.6 Å². The maximum atomic E-state index is 14.5. The van der Waals surface area contributed by atoms with Crippen molar-refractivity contribution in [2.24, 2.45) is 5.92 Å². The highest BCUT2D eigenvalue weighted by Gasteiger charge is 2.27. The number of fused-ring (bicyclic) bond motifs is 1. The van der Waals surface area contributed by atoms with Gasteiger partial charge in [0.05, 0.1) is 11.6 Å². The number of carboxylic acids is 1. The van der Waals surface area contributed by atoms with E-state index in [0.29, 0.717) is 49.8 Å². The summed E-state index contributed by atoms with van der Waals surface area (Å²) in [4.78, 5) is 34.7. The molecular formula is C17H20FN3O4.